The van der Waals surface area contributed by atoms with Crippen molar-refractivity contribution in [2.45, 2.75) is 19.3 Å². The van der Waals surface area contributed by atoms with Gasteiger partial charge in [-0.1, -0.05) is 17.7 Å². The number of halogens is 1. The fraction of sp³-hybridized carbons (Fsp3) is 0.421. The fourth-order valence-electron chi connectivity index (χ4n) is 3.48. The van der Waals surface area contributed by atoms with Crippen molar-refractivity contribution in [1.82, 2.24) is 9.88 Å². The number of hydrogen-bond acceptors (Lipinski definition) is 4. The van der Waals surface area contributed by atoms with E-state index in [9.17, 15) is 9.59 Å². The van der Waals surface area contributed by atoms with Crippen molar-refractivity contribution in [3.8, 4) is 0 Å². The number of carbonyl (C=O) groups is 2. The molecular formula is C19H23ClN4O3. The van der Waals surface area contributed by atoms with Gasteiger partial charge < -0.3 is 15.7 Å². The van der Waals surface area contributed by atoms with Crippen molar-refractivity contribution in [2.24, 2.45) is 11.7 Å². The fourth-order valence-corrected chi connectivity index (χ4v) is 3.64. The SMILES string of the molecule is NC(=O)CN(CCC1CCN(c2ccc3ccc(Cl)cc3n2)CC1)C(=O)O. The molecule has 7 nitrogen and oxygen atoms in total. The number of nitrogens with zero attached hydrogens (tertiary/aromatic N) is 3. The molecule has 1 aliphatic rings. The number of amides is 2. The largest absolute Gasteiger partial charge is 0.465 e. The summed E-state index contributed by atoms with van der Waals surface area (Å²) in [6.07, 6.45) is 1.54. The molecule has 0 spiro atoms. The van der Waals surface area contributed by atoms with Crippen LogP contribution in [0.4, 0.5) is 10.6 Å². The minimum Gasteiger partial charge on any atom is -0.465 e. The number of aromatic nitrogens is 1. The molecule has 2 amide bonds. The average Bonchev–Trinajstić information content (AvgIpc) is 2.64. The van der Waals surface area contributed by atoms with E-state index in [2.05, 4.69) is 11.0 Å². The quantitative estimate of drug-likeness (QED) is 0.789. The molecule has 3 N–H and O–H groups in total. The molecule has 1 fully saturated rings. The number of fused-ring (bicyclic) bond motifs is 1. The number of anilines is 1. The summed E-state index contributed by atoms with van der Waals surface area (Å²) in [5.74, 6) is 0.727. The Balaban J connectivity index is 1.55. The molecule has 0 atom stereocenters. The van der Waals surface area contributed by atoms with Crippen molar-refractivity contribution in [1.29, 1.82) is 0 Å². The van der Waals surface area contributed by atoms with Gasteiger partial charge in [0.15, 0.2) is 0 Å². The van der Waals surface area contributed by atoms with Gasteiger partial charge >= 0.3 is 6.09 Å². The van der Waals surface area contributed by atoms with Crippen LogP contribution in [0.1, 0.15) is 19.3 Å². The molecule has 2 heterocycles. The maximum absolute atomic E-state index is 11.2. The van der Waals surface area contributed by atoms with E-state index >= 15 is 0 Å². The van der Waals surface area contributed by atoms with Gasteiger partial charge in [-0.3, -0.25) is 9.69 Å². The van der Waals surface area contributed by atoms with E-state index in [1.807, 2.05) is 24.3 Å². The standard InChI is InChI=1S/C19H23ClN4O3/c20-15-3-1-14-2-4-18(22-16(14)11-15)23-8-5-13(6-9-23)7-10-24(19(26)27)12-17(21)25/h1-4,11,13H,5-10,12H2,(H2,21,25)(H,26,27). The van der Waals surface area contributed by atoms with Crippen LogP contribution in [-0.4, -0.2) is 53.2 Å². The number of carboxylic acid groups (broad SMARTS) is 1. The second kappa shape index (κ2) is 8.43. The zero-order valence-corrected chi connectivity index (χ0v) is 15.7. The number of pyridine rings is 1. The molecule has 144 valence electrons. The summed E-state index contributed by atoms with van der Waals surface area (Å²) in [6, 6.07) is 9.76. The Hall–Kier alpha value is -2.54. The first-order valence-electron chi connectivity index (χ1n) is 9.00. The highest BCUT2D eigenvalue weighted by atomic mass is 35.5. The Labute approximate surface area is 162 Å². The first-order chi connectivity index (χ1) is 12.9. The normalized spacial score (nSPS) is 15.1. The topological polar surface area (TPSA) is 99.8 Å². The van der Waals surface area contributed by atoms with Crippen LogP contribution in [-0.2, 0) is 4.79 Å². The second-order valence-corrected chi connectivity index (χ2v) is 7.33. The van der Waals surface area contributed by atoms with Crippen molar-refractivity contribution in [3.63, 3.8) is 0 Å². The summed E-state index contributed by atoms with van der Waals surface area (Å²) in [5, 5.41) is 10.9. The van der Waals surface area contributed by atoms with Crippen LogP contribution >= 0.6 is 11.6 Å². The molecule has 2 aromatic rings. The smallest absolute Gasteiger partial charge is 0.407 e. The highest BCUT2D eigenvalue weighted by molar-refractivity contribution is 6.31. The molecule has 0 unspecified atom stereocenters. The number of nitrogens with two attached hydrogens (primary N) is 1. The molecule has 0 aliphatic carbocycles. The molecular weight excluding hydrogens is 368 g/mol. The first-order valence-corrected chi connectivity index (χ1v) is 9.37. The minimum absolute atomic E-state index is 0.252. The lowest BCUT2D eigenvalue weighted by Crippen LogP contribution is -2.40. The predicted octanol–water partition coefficient (Wildman–Crippen LogP) is 2.96. The molecule has 1 aliphatic heterocycles. The lowest BCUT2D eigenvalue weighted by atomic mass is 9.93. The number of piperidine rings is 1. The highest BCUT2D eigenvalue weighted by Gasteiger charge is 2.22. The van der Waals surface area contributed by atoms with Gasteiger partial charge in [-0.25, -0.2) is 9.78 Å². The van der Waals surface area contributed by atoms with Crippen LogP contribution in [0.15, 0.2) is 30.3 Å². The lowest BCUT2D eigenvalue weighted by molar-refractivity contribution is -0.118. The highest BCUT2D eigenvalue weighted by Crippen LogP contribution is 2.26. The zero-order valence-electron chi connectivity index (χ0n) is 15.0. The van der Waals surface area contributed by atoms with Gasteiger partial charge in [0.2, 0.25) is 5.91 Å². The summed E-state index contributed by atoms with van der Waals surface area (Å²) >= 11 is 6.06. The molecule has 0 bridgehead atoms. The molecule has 0 radical (unpaired) electrons. The molecule has 1 saturated heterocycles. The van der Waals surface area contributed by atoms with E-state index in [1.54, 1.807) is 0 Å². The number of carbonyl (C=O) groups excluding carboxylic acids is 1. The van der Waals surface area contributed by atoms with Crippen molar-refractivity contribution in [2.75, 3.05) is 31.1 Å². The van der Waals surface area contributed by atoms with Gasteiger partial charge in [-0.05, 0) is 49.4 Å². The monoisotopic (exact) mass is 390 g/mol. The summed E-state index contributed by atoms with van der Waals surface area (Å²) in [5.41, 5.74) is 5.99. The number of primary amides is 1. The molecule has 3 rings (SSSR count). The predicted molar refractivity (Wildman–Crippen MR) is 105 cm³/mol. The molecule has 8 heteroatoms. The van der Waals surface area contributed by atoms with E-state index < -0.39 is 12.0 Å². The zero-order chi connectivity index (χ0) is 19.4. The Morgan fingerprint density at radius 1 is 1.26 bits per heavy atom. The number of rotatable bonds is 6. The van der Waals surface area contributed by atoms with Crippen LogP contribution in [0.5, 0.6) is 0 Å². The minimum atomic E-state index is -1.11. The maximum Gasteiger partial charge on any atom is 0.407 e. The van der Waals surface area contributed by atoms with E-state index in [-0.39, 0.29) is 6.54 Å². The average molecular weight is 391 g/mol. The summed E-state index contributed by atoms with van der Waals surface area (Å²) in [6.45, 7) is 1.81. The van der Waals surface area contributed by atoms with E-state index in [4.69, 9.17) is 27.4 Å². The maximum atomic E-state index is 11.2. The third kappa shape index (κ3) is 5.01. The Bertz CT molecular complexity index is 837. The van der Waals surface area contributed by atoms with Gasteiger partial charge in [-0.15, -0.1) is 0 Å². The summed E-state index contributed by atoms with van der Waals surface area (Å²) < 4.78 is 0. The van der Waals surface area contributed by atoms with Crippen LogP contribution in [0.2, 0.25) is 5.02 Å². The Kier molecular flexibility index (Phi) is 6.01. The molecule has 0 saturated carbocycles. The Morgan fingerprint density at radius 2 is 1.96 bits per heavy atom. The molecule has 1 aromatic carbocycles. The lowest BCUT2D eigenvalue weighted by Gasteiger charge is -2.33. The summed E-state index contributed by atoms with van der Waals surface area (Å²) in [4.78, 5) is 30.2. The second-order valence-electron chi connectivity index (χ2n) is 6.90. The number of benzene rings is 1. The van der Waals surface area contributed by atoms with E-state index in [1.165, 1.54) is 0 Å². The third-order valence-electron chi connectivity index (χ3n) is 5.00. The molecule has 1 aromatic heterocycles. The van der Waals surface area contributed by atoms with Crippen LogP contribution in [0.25, 0.3) is 10.9 Å². The Morgan fingerprint density at radius 3 is 2.63 bits per heavy atom. The van der Waals surface area contributed by atoms with Crippen LogP contribution < -0.4 is 10.6 Å². The first kappa shape index (κ1) is 19.2. The van der Waals surface area contributed by atoms with E-state index in [0.29, 0.717) is 17.5 Å². The van der Waals surface area contributed by atoms with Crippen LogP contribution in [0.3, 0.4) is 0 Å². The summed E-state index contributed by atoms with van der Waals surface area (Å²) in [7, 11) is 0. The van der Waals surface area contributed by atoms with Gasteiger partial charge in [0, 0.05) is 30.0 Å². The van der Waals surface area contributed by atoms with Crippen LogP contribution in [0, 0.1) is 5.92 Å². The van der Waals surface area contributed by atoms with E-state index in [0.717, 1.165) is 54.0 Å². The van der Waals surface area contributed by atoms with Crippen molar-refractivity contribution in [3.05, 3.63) is 35.4 Å². The third-order valence-corrected chi connectivity index (χ3v) is 5.24. The van der Waals surface area contributed by atoms with Gasteiger partial charge in [0.1, 0.15) is 12.4 Å². The van der Waals surface area contributed by atoms with Crippen molar-refractivity contribution >= 4 is 40.3 Å². The van der Waals surface area contributed by atoms with Gasteiger partial charge in [-0.2, -0.15) is 0 Å². The van der Waals surface area contributed by atoms with Gasteiger partial charge in [0.25, 0.3) is 0 Å². The number of hydrogen-bond donors (Lipinski definition) is 2. The molecule has 27 heavy (non-hydrogen) atoms. The van der Waals surface area contributed by atoms with Gasteiger partial charge in [0.05, 0.1) is 5.52 Å². The van der Waals surface area contributed by atoms with Crippen molar-refractivity contribution < 1.29 is 14.7 Å².